The van der Waals surface area contributed by atoms with E-state index in [1.54, 1.807) is 11.3 Å². The standard InChI is InChI=1S/C21H27N3O2S/c1-14(2)12-15-5-7-16(8-6-15)20(18-4-3-11-27-18)22-13-19(25)24-21(26)23-17-9-10-17/h3-8,11,14,17,20,22H,9-10,12-13H2,1-2H3,(H2,23,24,25,26)/p+1/t20-/m1/s1. The predicted octanol–water partition coefficient (Wildman–Crippen LogP) is 2.59. The minimum absolute atomic E-state index is 0.0512. The lowest BCUT2D eigenvalue weighted by atomic mass is 9.99. The highest BCUT2D eigenvalue weighted by molar-refractivity contribution is 7.10. The number of urea groups is 1. The van der Waals surface area contributed by atoms with Gasteiger partial charge in [0.25, 0.3) is 5.91 Å². The molecule has 1 heterocycles. The molecular weight excluding hydrogens is 358 g/mol. The van der Waals surface area contributed by atoms with Gasteiger partial charge in [0.2, 0.25) is 0 Å². The molecule has 0 radical (unpaired) electrons. The first-order chi connectivity index (χ1) is 13.0. The third kappa shape index (κ3) is 6.19. The van der Waals surface area contributed by atoms with Crippen LogP contribution in [-0.4, -0.2) is 24.5 Å². The first-order valence-electron chi connectivity index (χ1n) is 9.57. The molecule has 1 atom stereocenters. The summed E-state index contributed by atoms with van der Waals surface area (Å²) >= 11 is 1.68. The molecule has 27 heavy (non-hydrogen) atoms. The van der Waals surface area contributed by atoms with Crippen molar-refractivity contribution in [1.29, 1.82) is 0 Å². The van der Waals surface area contributed by atoms with Crippen LogP contribution in [0.3, 0.4) is 0 Å². The summed E-state index contributed by atoms with van der Waals surface area (Å²) in [5, 5.41) is 9.23. The minimum Gasteiger partial charge on any atom is -0.335 e. The summed E-state index contributed by atoms with van der Waals surface area (Å²) in [5.74, 6) is 0.354. The van der Waals surface area contributed by atoms with Crippen LogP contribution in [-0.2, 0) is 11.2 Å². The molecule has 0 aliphatic heterocycles. The number of benzene rings is 1. The minimum atomic E-state index is -0.387. The second-order valence-corrected chi connectivity index (χ2v) is 8.55. The topological polar surface area (TPSA) is 74.8 Å². The van der Waals surface area contributed by atoms with Crippen LogP contribution < -0.4 is 16.0 Å². The van der Waals surface area contributed by atoms with Gasteiger partial charge in [-0.3, -0.25) is 10.1 Å². The number of amides is 3. The normalized spacial score (nSPS) is 14.8. The Bertz CT molecular complexity index is 752. The fraction of sp³-hybridized carbons (Fsp3) is 0.429. The number of nitrogens with two attached hydrogens (primary N) is 1. The number of hydrogen-bond acceptors (Lipinski definition) is 3. The van der Waals surface area contributed by atoms with E-state index in [1.807, 2.05) is 16.8 Å². The molecule has 1 aliphatic rings. The van der Waals surface area contributed by atoms with Gasteiger partial charge in [-0.25, -0.2) is 4.79 Å². The zero-order valence-electron chi connectivity index (χ0n) is 15.9. The molecule has 1 aliphatic carbocycles. The zero-order valence-corrected chi connectivity index (χ0v) is 16.7. The van der Waals surface area contributed by atoms with Gasteiger partial charge < -0.3 is 10.6 Å². The maximum Gasteiger partial charge on any atom is 0.321 e. The van der Waals surface area contributed by atoms with Crippen LogP contribution in [0, 0.1) is 5.92 Å². The molecule has 1 saturated carbocycles. The highest BCUT2D eigenvalue weighted by Gasteiger charge is 2.25. The molecule has 4 N–H and O–H groups in total. The summed E-state index contributed by atoms with van der Waals surface area (Å²) in [5.41, 5.74) is 2.49. The Kier molecular flexibility index (Phi) is 6.63. The molecule has 5 nitrogen and oxygen atoms in total. The van der Waals surface area contributed by atoms with Crippen LogP contribution in [0.4, 0.5) is 4.79 Å². The number of imide groups is 1. The molecule has 6 heteroatoms. The van der Waals surface area contributed by atoms with E-state index >= 15 is 0 Å². The van der Waals surface area contributed by atoms with Gasteiger partial charge in [-0.1, -0.05) is 44.2 Å². The van der Waals surface area contributed by atoms with Crippen LogP contribution in [0.25, 0.3) is 0 Å². The summed E-state index contributed by atoms with van der Waals surface area (Å²) in [6.45, 7) is 4.64. The predicted molar refractivity (Wildman–Crippen MR) is 108 cm³/mol. The summed E-state index contributed by atoms with van der Waals surface area (Å²) in [7, 11) is 0. The molecule has 2 aromatic rings. The van der Waals surface area contributed by atoms with Crippen LogP contribution in [0.5, 0.6) is 0 Å². The van der Waals surface area contributed by atoms with Crippen molar-refractivity contribution < 1.29 is 14.9 Å². The van der Waals surface area contributed by atoms with E-state index in [2.05, 4.69) is 54.8 Å². The maximum atomic E-state index is 12.1. The number of rotatable bonds is 8. The van der Waals surface area contributed by atoms with Gasteiger partial charge in [0.15, 0.2) is 6.54 Å². The van der Waals surface area contributed by atoms with Crippen molar-refractivity contribution in [2.75, 3.05) is 6.54 Å². The van der Waals surface area contributed by atoms with Crippen molar-refractivity contribution >= 4 is 23.3 Å². The number of nitrogens with one attached hydrogen (secondary N) is 2. The molecule has 1 aromatic heterocycles. The van der Waals surface area contributed by atoms with Crippen LogP contribution in [0.2, 0.25) is 0 Å². The number of hydrogen-bond donors (Lipinski definition) is 3. The third-order valence-corrected chi connectivity index (χ3v) is 5.49. The van der Waals surface area contributed by atoms with Gasteiger partial charge in [-0.05, 0) is 42.2 Å². The van der Waals surface area contributed by atoms with E-state index in [0.29, 0.717) is 5.92 Å². The SMILES string of the molecule is CC(C)Cc1ccc([C@@H]([NH2+]CC(=O)NC(=O)NC2CC2)c2cccs2)cc1. The maximum absolute atomic E-state index is 12.1. The quantitative estimate of drug-likeness (QED) is 0.652. The van der Waals surface area contributed by atoms with E-state index in [1.165, 1.54) is 16.0 Å². The summed E-state index contributed by atoms with van der Waals surface area (Å²) < 4.78 is 0. The molecule has 1 aromatic carbocycles. The average molecular weight is 387 g/mol. The van der Waals surface area contributed by atoms with Crippen LogP contribution >= 0.6 is 11.3 Å². The number of thiophene rings is 1. The van der Waals surface area contributed by atoms with Gasteiger partial charge in [-0.15, -0.1) is 11.3 Å². The molecular formula is C21H28N3O2S+. The highest BCUT2D eigenvalue weighted by atomic mass is 32.1. The second kappa shape index (κ2) is 9.15. The van der Waals surface area contributed by atoms with Crippen molar-refractivity contribution in [2.24, 2.45) is 5.92 Å². The fourth-order valence-electron chi connectivity index (χ4n) is 3.07. The van der Waals surface area contributed by atoms with Crippen LogP contribution in [0.15, 0.2) is 41.8 Å². The summed E-state index contributed by atoms with van der Waals surface area (Å²) in [6, 6.07) is 12.7. The van der Waals surface area contributed by atoms with Gasteiger partial charge in [-0.2, -0.15) is 0 Å². The Balaban J connectivity index is 1.61. The summed E-state index contributed by atoms with van der Waals surface area (Å²) in [6.07, 6.45) is 3.06. The first-order valence-corrected chi connectivity index (χ1v) is 10.4. The lowest BCUT2D eigenvalue weighted by Crippen LogP contribution is -2.87. The molecule has 0 spiro atoms. The van der Waals surface area contributed by atoms with Crippen molar-refractivity contribution in [3.63, 3.8) is 0 Å². The van der Waals surface area contributed by atoms with Gasteiger partial charge in [0.1, 0.15) is 6.04 Å². The monoisotopic (exact) mass is 386 g/mol. The van der Waals surface area contributed by atoms with Gasteiger partial charge >= 0.3 is 6.03 Å². The van der Waals surface area contributed by atoms with Gasteiger partial charge in [0.05, 0.1) is 4.88 Å². The van der Waals surface area contributed by atoms with Gasteiger partial charge in [0, 0.05) is 11.6 Å². The van der Waals surface area contributed by atoms with E-state index in [9.17, 15) is 9.59 Å². The summed E-state index contributed by atoms with van der Waals surface area (Å²) in [4.78, 5) is 25.1. The highest BCUT2D eigenvalue weighted by Crippen LogP contribution is 2.23. The Hall–Kier alpha value is -2.18. The molecule has 0 bridgehead atoms. The van der Waals surface area contributed by atoms with E-state index < -0.39 is 0 Å². The molecule has 1 fully saturated rings. The molecule has 0 saturated heterocycles. The Labute approximate surface area is 164 Å². The third-order valence-electron chi connectivity index (χ3n) is 4.54. The van der Waals surface area contributed by atoms with Crippen molar-refractivity contribution in [1.82, 2.24) is 10.6 Å². The smallest absolute Gasteiger partial charge is 0.321 e. The Morgan fingerprint density at radius 3 is 2.52 bits per heavy atom. The molecule has 144 valence electrons. The molecule has 0 unspecified atom stereocenters. The fourth-order valence-corrected chi connectivity index (χ4v) is 3.92. The van der Waals surface area contributed by atoms with Crippen LogP contribution in [0.1, 0.15) is 48.7 Å². The van der Waals surface area contributed by atoms with E-state index in [4.69, 9.17) is 0 Å². The number of carbonyl (C=O) groups is 2. The van der Waals surface area contributed by atoms with Crippen molar-refractivity contribution in [3.05, 3.63) is 57.8 Å². The second-order valence-electron chi connectivity index (χ2n) is 7.57. The Morgan fingerprint density at radius 1 is 1.19 bits per heavy atom. The number of quaternary nitrogens is 1. The van der Waals surface area contributed by atoms with Crippen molar-refractivity contribution in [2.45, 2.75) is 45.2 Å². The largest absolute Gasteiger partial charge is 0.335 e. The zero-order chi connectivity index (χ0) is 19.2. The average Bonchev–Trinajstić information content (AvgIpc) is 3.26. The molecule has 3 amide bonds. The Morgan fingerprint density at radius 2 is 1.93 bits per heavy atom. The lowest BCUT2D eigenvalue weighted by Gasteiger charge is -2.15. The number of carbonyl (C=O) groups excluding carboxylic acids is 2. The lowest BCUT2D eigenvalue weighted by molar-refractivity contribution is -0.676. The van der Waals surface area contributed by atoms with Crippen molar-refractivity contribution in [3.8, 4) is 0 Å². The van der Waals surface area contributed by atoms with E-state index in [0.717, 1.165) is 19.3 Å². The van der Waals surface area contributed by atoms with E-state index in [-0.39, 0.29) is 30.6 Å². The molecule has 3 rings (SSSR count). The first kappa shape index (κ1) is 19.6.